The molecule has 0 unspecified atom stereocenters. The smallest absolute Gasteiger partial charge is 0.0545 e. The summed E-state index contributed by atoms with van der Waals surface area (Å²) in [5.41, 5.74) is 6.43. The van der Waals surface area contributed by atoms with Crippen molar-refractivity contribution in [2.24, 2.45) is 0 Å². The Kier molecular flexibility index (Phi) is 3.79. The van der Waals surface area contributed by atoms with Crippen LogP contribution in [0.1, 0.15) is 0 Å². The Bertz CT molecular complexity index is 516. The Morgan fingerprint density at radius 1 is 1.06 bits per heavy atom. The van der Waals surface area contributed by atoms with E-state index >= 15 is 0 Å². The summed E-state index contributed by atoms with van der Waals surface area (Å²) in [6.45, 7) is 0. The van der Waals surface area contributed by atoms with Crippen molar-refractivity contribution in [1.29, 1.82) is 0 Å². The number of hydrogen-bond acceptors (Lipinski definition) is 2. The molecular weight excluding hydrogens is 306 g/mol. The summed E-state index contributed by atoms with van der Waals surface area (Å²) in [5.74, 6) is 0. The molecule has 1 nitrogen and oxygen atoms in total. The van der Waals surface area contributed by atoms with Gasteiger partial charge in [0.1, 0.15) is 0 Å². The van der Waals surface area contributed by atoms with Gasteiger partial charge in [0.05, 0.1) is 5.02 Å². The number of anilines is 1. The van der Waals surface area contributed by atoms with Crippen molar-refractivity contribution in [3.8, 4) is 0 Å². The lowest BCUT2D eigenvalue weighted by Crippen LogP contribution is -1.85. The Labute approximate surface area is 112 Å². The summed E-state index contributed by atoms with van der Waals surface area (Å²) in [6.07, 6.45) is 0. The van der Waals surface area contributed by atoms with Crippen LogP contribution in [-0.2, 0) is 0 Å². The van der Waals surface area contributed by atoms with Crippen molar-refractivity contribution >= 4 is 45.0 Å². The molecule has 2 aromatic carbocycles. The molecule has 2 N–H and O–H groups in total. The molecule has 0 fully saturated rings. The van der Waals surface area contributed by atoms with Crippen LogP contribution >= 0.6 is 39.3 Å². The standard InChI is InChI=1S/C12H9BrClNS/c13-9-7-8(15)5-6-11(9)16-12-4-2-1-3-10(12)14/h1-7H,15H2. The summed E-state index contributed by atoms with van der Waals surface area (Å²) >= 11 is 11.2. The van der Waals surface area contributed by atoms with Gasteiger partial charge >= 0.3 is 0 Å². The third kappa shape index (κ3) is 2.73. The topological polar surface area (TPSA) is 26.0 Å². The number of halogens is 2. The third-order valence-corrected chi connectivity index (χ3v) is 4.52. The normalized spacial score (nSPS) is 10.4. The summed E-state index contributed by atoms with van der Waals surface area (Å²) < 4.78 is 0.984. The highest BCUT2D eigenvalue weighted by atomic mass is 79.9. The van der Waals surface area contributed by atoms with E-state index in [1.807, 2.05) is 42.5 Å². The van der Waals surface area contributed by atoms with Crippen molar-refractivity contribution in [1.82, 2.24) is 0 Å². The first-order valence-electron chi connectivity index (χ1n) is 4.64. The highest BCUT2D eigenvalue weighted by Gasteiger charge is 2.05. The summed E-state index contributed by atoms with van der Waals surface area (Å²) in [4.78, 5) is 2.14. The van der Waals surface area contributed by atoms with Gasteiger partial charge in [0.25, 0.3) is 0 Å². The fourth-order valence-electron chi connectivity index (χ4n) is 1.25. The van der Waals surface area contributed by atoms with E-state index in [1.165, 1.54) is 0 Å². The molecular formula is C12H9BrClNS. The molecule has 0 heterocycles. The molecule has 0 aromatic heterocycles. The first kappa shape index (κ1) is 11.8. The minimum absolute atomic E-state index is 0.746. The van der Waals surface area contributed by atoms with E-state index < -0.39 is 0 Å². The first-order chi connectivity index (χ1) is 7.66. The lowest BCUT2D eigenvalue weighted by atomic mass is 10.3. The molecule has 0 spiro atoms. The fraction of sp³-hybridized carbons (Fsp3) is 0. The Morgan fingerprint density at radius 2 is 1.81 bits per heavy atom. The zero-order valence-corrected chi connectivity index (χ0v) is 11.4. The molecule has 0 aliphatic carbocycles. The van der Waals surface area contributed by atoms with E-state index in [-0.39, 0.29) is 0 Å². The van der Waals surface area contributed by atoms with Crippen molar-refractivity contribution in [3.05, 3.63) is 52.0 Å². The zero-order valence-electron chi connectivity index (χ0n) is 8.28. The van der Waals surface area contributed by atoms with Gasteiger partial charge in [-0.1, -0.05) is 35.5 Å². The maximum Gasteiger partial charge on any atom is 0.0545 e. The lowest BCUT2D eigenvalue weighted by molar-refractivity contribution is 1.37. The Balaban J connectivity index is 2.31. The molecule has 0 atom stereocenters. The molecule has 0 bridgehead atoms. The SMILES string of the molecule is Nc1ccc(Sc2ccccc2Cl)c(Br)c1. The van der Waals surface area contributed by atoms with Gasteiger partial charge in [-0.25, -0.2) is 0 Å². The number of rotatable bonds is 2. The minimum atomic E-state index is 0.746. The molecule has 82 valence electrons. The fourth-order valence-corrected chi connectivity index (χ4v) is 2.98. The van der Waals surface area contributed by atoms with E-state index in [0.29, 0.717) is 0 Å². The predicted octanol–water partition coefficient (Wildman–Crippen LogP) is 4.84. The van der Waals surface area contributed by atoms with Crippen LogP contribution in [0.5, 0.6) is 0 Å². The van der Waals surface area contributed by atoms with Gasteiger partial charge < -0.3 is 5.73 Å². The Hall–Kier alpha value is -0.640. The van der Waals surface area contributed by atoms with Crippen molar-refractivity contribution in [2.75, 3.05) is 5.73 Å². The third-order valence-electron chi connectivity index (χ3n) is 2.01. The van der Waals surface area contributed by atoms with Crippen LogP contribution in [0.25, 0.3) is 0 Å². The van der Waals surface area contributed by atoms with E-state index in [9.17, 15) is 0 Å². The average Bonchev–Trinajstić information content (AvgIpc) is 2.25. The lowest BCUT2D eigenvalue weighted by Gasteiger charge is -2.06. The average molecular weight is 315 g/mol. The second-order valence-corrected chi connectivity index (χ2v) is 5.57. The van der Waals surface area contributed by atoms with Gasteiger partial charge in [-0.05, 0) is 46.3 Å². The highest BCUT2D eigenvalue weighted by molar-refractivity contribution is 9.10. The Morgan fingerprint density at radius 3 is 2.50 bits per heavy atom. The van der Waals surface area contributed by atoms with Gasteiger partial charge in [-0.15, -0.1) is 0 Å². The van der Waals surface area contributed by atoms with Gasteiger partial charge in [0.15, 0.2) is 0 Å². The second-order valence-electron chi connectivity index (χ2n) is 3.22. The van der Waals surface area contributed by atoms with Crippen LogP contribution in [-0.4, -0.2) is 0 Å². The molecule has 2 aromatic rings. The number of hydrogen-bond donors (Lipinski definition) is 1. The molecule has 0 saturated carbocycles. The van der Waals surface area contributed by atoms with Crippen LogP contribution in [0, 0.1) is 0 Å². The molecule has 2 rings (SSSR count). The van der Waals surface area contributed by atoms with Crippen LogP contribution < -0.4 is 5.73 Å². The minimum Gasteiger partial charge on any atom is -0.399 e. The zero-order chi connectivity index (χ0) is 11.5. The van der Waals surface area contributed by atoms with E-state index in [4.69, 9.17) is 17.3 Å². The maximum atomic E-state index is 6.10. The number of nitrogen functional groups attached to an aromatic ring is 1. The van der Waals surface area contributed by atoms with Crippen molar-refractivity contribution in [2.45, 2.75) is 9.79 Å². The number of nitrogens with two attached hydrogens (primary N) is 1. The molecule has 0 aliphatic heterocycles. The summed E-state index contributed by atoms with van der Waals surface area (Å²) in [7, 11) is 0. The molecule has 16 heavy (non-hydrogen) atoms. The van der Waals surface area contributed by atoms with E-state index in [0.717, 1.165) is 25.0 Å². The van der Waals surface area contributed by atoms with Gasteiger partial charge in [-0.2, -0.15) is 0 Å². The van der Waals surface area contributed by atoms with Crippen molar-refractivity contribution in [3.63, 3.8) is 0 Å². The molecule has 0 amide bonds. The molecule has 0 radical (unpaired) electrons. The van der Waals surface area contributed by atoms with Gasteiger partial charge in [0, 0.05) is 20.0 Å². The molecule has 0 aliphatic rings. The monoisotopic (exact) mass is 313 g/mol. The largest absolute Gasteiger partial charge is 0.399 e. The molecule has 4 heteroatoms. The number of benzene rings is 2. The summed E-state index contributed by atoms with van der Waals surface area (Å²) in [5, 5.41) is 0.760. The first-order valence-corrected chi connectivity index (χ1v) is 6.63. The summed E-state index contributed by atoms with van der Waals surface area (Å²) in [6, 6.07) is 13.5. The van der Waals surface area contributed by atoms with Crippen molar-refractivity contribution < 1.29 is 0 Å². The quantitative estimate of drug-likeness (QED) is 0.803. The van der Waals surface area contributed by atoms with Crippen LogP contribution in [0.15, 0.2) is 56.7 Å². The van der Waals surface area contributed by atoms with Gasteiger partial charge in [-0.3, -0.25) is 0 Å². The van der Waals surface area contributed by atoms with Crippen LogP contribution in [0.3, 0.4) is 0 Å². The van der Waals surface area contributed by atoms with Crippen LogP contribution in [0.2, 0.25) is 5.02 Å². The second kappa shape index (κ2) is 5.13. The van der Waals surface area contributed by atoms with Crippen LogP contribution in [0.4, 0.5) is 5.69 Å². The van der Waals surface area contributed by atoms with Gasteiger partial charge in [0.2, 0.25) is 0 Å². The maximum absolute atomic E-state index is 6.10. The molecule has 0 saturated heterocycles. The predicted molar refractivity (Wildman–Crippen MR) is 74.1 cm³/mol. The van der Waals surface area contributed by atoms with E-state index in [2.05, 4.69) is 15.9 Å². The van der Waals surface area contributed by atoms with E-state index in [1.54, 1.807) is 11.8 Å². The highest BCUT2D eigenvalue weighted by Crippen LogP contribution is 2.37.